The number of hydrogen-bond donors (Lipinski definition) is 2. The van der Waals surface area contributed by atoms with Crippen molar-refractivity contribution < 1.29 is 8.42 Å². The summed E-state index contributed by atoms with van der Waals surface area (Å²) in [6.07, 6.45) is 2.83. The Hall–Kier alpha value is 0.530. The Bertz CT molecular complexity index is 523. The maximum absolute atomic E-state index is 12.0. The maximum Gasteiger partial charge on any atom is 0.242 e. The minimum atomic E-state index is -3.48. The highest BCUT2D eigenvalue weighted by Gasteiger charge is 2.34. The van der Waals surface area contributed by atoms with Gasteiger partial charge in [-0.05, 0) is 57.2 Å². The van der Waals surface area contributed by atoms with E-state index in [0.29, 0.717) is 10.3 Å². The van der Waals surface area contributed by atoms with Gasteiger partial charge in [0.2, 0.25) is 10.0 Å². The first-order valence-electron chi connectivity index (χ1n) is 5.06. The number of halogens is 2. The van der Waals surface area contributed by atoms with Crippen molar-refractivity contribution in [1.29, 1.82) is 0 Å². The Labute approximate surface area is 121 Å². The molecule has 17 heavy (non-hydrogen) atoms. The first kappa shape index (κ1) is 14.0. The molecule has 1 aromatic heterocycles. The van der Waals surface area contributed by atoms with Crippen molar-refractivity contribution >= 4 is 53.2 Å². The third-order valence-corrected chi connectivity index (χ3v) is 7.03. The van der Waals surface area contributed by atoms with Gasteiger partial charge in [-0.25, -0.2) is 13.1 Å². The largest absolute Gasteiger partial charge is 0.324 e. The van der Waals surface area contributed by atoms with Gasteiger partial charge in [0.1, 0.15) is 4.90 Å². The number of nitrogens with two attached hydrogens (primary N) is 1. The average molecular weight is 404 g/mol. The fourth-order valence-electron chi connectivity index (χ4n) is 1.63. The third kappa shape index (κ3) is 3.10. The molecule has 1 heterocycles. The van der Waals surface area contributed by atoms with Gasteiger partial charge in [0.15, 0.2) is 0 Å². The van der Waals surface area contributed by atoms with Crippen LogP contribution in [0.25, 0.3) is 0 Å². The van der Waals surface area contributed by atoms with E-state index in [0.717, 1.165) is 23.0 Å². The normalized spacial score (nSPS) is 19.0. The fraction of sp³-hybridized carbons (Fsp3) is 0.556. The molecule has 8 heteroatoms. The zero-order chi connectivity index (χ0) is 12.7. The van der Waals surface area contributed by atoms with Crippen LogP contribution < -0.4 is 10.5 Å². The average Bonchev–Trinajstić information content (AvgIpc) is 2.53. The molecule has 0 aliphatic heterocycles. The summed E-state index contributed by atoms with van der Waals surface area (Å²) in [6, 6.07) is 1.58. The minimum Gasteiger partial charge on any atom is -0.324 e. The second kappa shape index (κ2) is 4.90. The smallest absolute Gasteiger partial charge is 0.242 e. The Balaban J connectivity index is 2.11. The molecule has 0 radical (unpaired) electrons. The molecule has 0 atom stereocenters. The summed E-state index contributed by atoms with van der Waals surface area (Å²) in [5.74, 6) is 0. The van der Waals surface area contributed by atoms with E-state index in [2.05, 4.69) is 36.6 Å². The van der Waals surface area contributed by atoms with E-state index in [1.54, 1.807) is 6.07 Å². The number of rotatable bonds is 4. The van der Waals surface area contributed by atoms with Gasteiger partial charge >= 0.3 is 0 Å². The molecule has 0 saturated heterocycles. The summed E-state index contributed by atoms with van der Waals surface area (Å²) in [7, 11) is -3.48. The van der Waals surface area contributed by atoms with Crippen LogP contribution in [0.4, 0.5) is 0 Å². The number of hydrogen-bond acceptors (Lipinski definition) is 4. The summed E-state index contributed by atoms with van der Waals surface area (Å²) in [4.78, 5) is 0.261. The summed E-state index contributed by atoms with van der Waals surface area (Å²) >= 11 is 7.84. The van der Waals surface area contributed by atoms with Crippen molar-refractivity contribution in [2.75, 3.05) is 6.54 Å². The van der Waals surface area contributed by atoms with Crippen molar-refractivity contribution in [1.82, 2.24) is 4.72 Å². The highest BCUT2D eigenvalue weighted by molar-refractivity contribution is 9.12. The first-order chi connectivity index (χ1) is 7.82. The lowest BCUT2D eigenvalue weighted by Crippen LogP contribution is -2.54. The molecule has 96 valence electrons. The SMILES string of the molecule is NC1(CNS(=O)(=O)c2cc(Br)sc2Br)CCC1. The monoisotopic (exact) mass is 402 g/mol. The molecule has 0 spiro atoms. The van der Waals surface area contributed by atoms with Crippen molar-refractivity contribution in [3.63, 3.8) is 0 Å². The highest BCUT2D eigenvalue weighted by atomic mass is 79.9. The van der Waals surface area contributed by atoms with Crippen molar-refractivity contribution in [3.8, 4) is 0 Å². The molecule has 1 saturated carbocycles. The predicted molar refractivity (Wildman–Crippen MR) is 75.7 cm³/mol. The van der Waals surface area contributed by atoms with Crippen LogP contribution in [0.3, 0.4) is 0 Å². The van der Waals surface area contributed by atoms with E-state index >= 15 is 0 Å². The zero-order valence-corrected chi connectivity index (χ0v) is 13.7. The molecule has 1 fully saturated rings. The highest BCUT2D eigenvalue weighted by Crippen LogP contribution is 2.35. The van der Waals surface area contributed by atoms with Crippen LogP contribution in [0.1, 0.15) is 19.3 Å². The summed E-state index contributed by atoms with van der Waals surface area (Å²) in [5, 5.41) is 0. The predicted octanol–water partition coefficient (Wildman–Crippen LogP) is 2.43. The van der Waals surface area contributed by atoms with Gasteiger partial charge in [-0.15, -0.1) is 11.3 Å². The van der Waals surface area contributed by atoms with E-state index in [9.17, 15) is 8.42 Å². The van der Waals surface area contributed by atoms with E-state index in [1.807, 2.05) is 0 Å². The number of nitrogens with one attached hydrogen (secondary N) is 1. The van der Waals surface area contributed by atoms with Crippen LogP contribution >= 0.6 is 43.2 Å². The molecular formula is C9H12Br2N2O2S2. The van der Waals surface area contributed by atoms with Gasteiger partial charge in [0, 0.05) is 12.1 Å². The second-order valence-electron chi connectivity index (χ2n) is 4.23. The third-order valence-electron chi connectivity index (χ3n) is 2.88. The zero-order valence-electron chi connectivity index (χ0n) is 8.87. The molecule has 0 unspecified atom stereocenters. The summed E-state index contributed by atoms with van der Waals surface area (Å²) < 4.78 is 28.0. The molecule has 1 aliphatic rings. The lowest BCUT2D eigenvalue weighted by Gasteiger charge is -2.37. The fourth-order valence-corrected chi connectivity index (χ4v) is 6.58. The molecular weight excluding hydrogens is 392 g/mol. The Kier molecular flexibility index (Phi) is 4.02. The Morgan fingerprint density at radius 1 is 1.47 bits per heavy atom. The van der Waals surface area contributed by atoms with Gasteiger partial charge in [0.05, 0.1) is 7.57 Å². The first-order valence-corrected chi connectivity index (χ1v) is 8.94. The Morgan fingerprint density at radius 3 is 2.53 bits per heavy atom. The molecule has 0 amide bonds. The molecule has 2 rings (SSSR count). The van der Waals surface area contributed by atoms with Crippen molar-refractivity contribution in [3.05, 3.63) is 13.6 Å². The second-order valence-corrected chi connectivity index (χ2v) is 9.71. The van der Waals surface area contributed by atoms with E-state index in [1.165, 1.54) is 11.3 Å². The molecule has 1 aromatic rings. The van der Waals surface area contributed by atoms with Crippen LogP contribution in [-0.4, -0.2) is 20.5 Å². The van der Waals surface area contributed by atoms with E-state index < -0.39 is 10.0 Å². The number of sulfonamides is 1. The van der Waals surface area contributed by atoms with Crippen LogP contribution in [0.15, 0.2) is 18.5 Å². The van der Waals surface area contributed by atoms with E-state index in [-0.39, 0.29) is 10.4 Å². The molecule has 1 aliphatic carbocycles. The van der Waals surface area contributed by atoms with Crippen molar-refractivity contribution in [2.45, 2.75) is 29.7 Å². The van der Waals surface area contributed by atoms with Crippen LogP contribution in [0, 0.1) is 0 Å². The quantitative estimate of drug-likeness (QED) is 0.810. The van der Waals surface area contributed by atoms with Gasteiger partial charge in [0.25, 0.3) is 0 Å². The van der Waals surface area contributed by atoms with E-state index in [4.69, 9.17) is 5.73 Å². The van der Waals surface area contributed by atoms with Crippen LogP contribution in [-0.2, 0) is 10.0 Å². The number of thiophene rings is 1. The standard InChI is InChI=1S/C9H12Br2N2O2S2/c10-7-4-6(8(11)16-7)17(14,15)13-5-9(12)2-1-3-9/h4,13H,1-3,5,12H2. The summed E-state index contributed by atoms with van der Waals surface area (Å²) in [6.45, 7) is 0.301. The topological polar surface area (TPSA) is 72.2 Å². The van der Waals surface area contributed by atoms with Gasteiger partial charge in [-0.1, -0.05) is 0 Å². The lowest BCUT2D eigenvalue weighted by atomic mass is 9.78. The van der Waals surface area contributed by atoms with Crippen LogP contribution in [0.5, 0.6) is 0 Å². The molecule has 3 N–H and O–H groups in total. The Morgan fingerprint density at radius 2 is 2.12 bits per heavy atom. The van der Waals surface area contributed by atoms with Crippen LogP contribution in [0.2, 0.25) is 0 Å². The van der Waals surface area contributed by atoms with Crippen molar-refractivity contribution in [2.24, 2.45) is 5.73 Å². The minimum absolute atomic E-state index is 0.261. The molecule has 4 nitrogen and oxygen atoms in total. The van der Waals surface area contributed by atoms with Gasteiger partial charge in [-0.2, -0.15) is 0 Å². The molecule has 0 bridgehead atoms. The van der Waals surface area contributed by atoms with Gasteiger partial charge in [-0.3, -0.25) is 0 Å². The molecule has 0 aromatic carbocycles. The van der Waals surface area contributed by atoms with Gasteiger partial charge < -0.3 is 5.73 Å². The maximum atomic E-state index is 12.0. The lowest BCUT2D eigenvalue weighted by molar-refractivity contribution is 0.251. The summed E-state index contributed by atoms with van der Waals surface area (Å²) in [5.41, 5.74) is 5.63.